The molecule has 49 heavy (non-hydrogen) atoms. The van der Waals surface area contributed by atoms with Crippen LogP contribution in [0.25, 0.3) is 5.76 Å². The van der Waals surface area contributed by atoms with Crippen LogP contribution in [0.5, 0.6) is 17.2 Å². The number of aliphatic hydroxyl groups excluding tert-OH is 1. The zero-order valence-electron chi connectivity index (χ0n) is 26.7. The van der Waals surface area contributed by atoms with Crippen molar-refractivity contribution in [3.05, 3.63) is 130 Å². The lowest BCUT2D eigenvalue weighted by molar-refractivity contribution is -0.132. The van der Waals surface area contributed by atoms with E-state index < -0.39 is 17.7 Å². The summed E-state index contributed by atoms with van der Waals surface area (Å²) in [5.41, 5.74) is 2.82. The van der Waals surface area contributed by atoms with E-state index in [9.17, 15) is 14.7 Å². The third-order valence-electron chi connectivity index (χ3n) is 7.58. The molecule has 250 valence electrons. The summed E-state index contributed by atoms with van der Waals surface area (Å²) in [5, 5.41) is 21.1. The van der Waals surface area contributed by atoms with Gasteiger partial charge in [0.1, 0.15) is 18.1 Å². The van der Waals surface area contributed by atoms with Crippen molar-refractivity contribution in [2.45, 2.75) is 36.6 Å². The minimum absolute atomic E-state index is 0.0832. The fourth-order valence-electron chi connectivity index (χ4n) is 5.28. The van der Waals surface area contributed by atoms with Crippen molar-refractivity contribution in [3.8, 4) is 17.2 Å². The predicted octanol–water partition coefficient (Wildman–Crippen LogP) is 8.49. The lowest BCUT2D eigenvalue weighted by atomic mass is 9.95. The number of carbonyl (C=O) groups is 2. The molecule has 1 amide bonds. The molecule has 1 aliphatic rings. The van der Waals surface area contributed by atoms with Gasteiger partial charge in [-0.2, -0.15) is 0 Å². The highest BCUT2D eigenvalue weighted by atomic mass is 35.5. The molecule has 0 spiro atoms. The predicted molar refractivity (Wildman–Crippen MR) is 192 cm³/mol. The molecule has 4 aromatic carbocycles. The van der Waals surface area contributed by atoms with Crippen LogP contribution in [0.3, 0.4) is 0 Å². The highest BCUT2D eigenvalue weighted by Gasteiger charge is 2.48. The number of ketones is 1. The highest BCUT2D eigenvalue weighted by molar-refractivity contribution is 8.00. The van der Waals surface area contributed by atoms with Gasteiger partial charge in [-0.25, -0.2) is 0 Å². The monoisotopic (exact) mass is 713 g/mol. The van der Waals surface area contributed by atoms with Crippen LogP contribution < -0.4 is 19.1 Å². The highest BCUT2D eigenvalue weighted by Crippen LogP contribution is 2.46. The summed E-state index contributed by atoms with van der Waals surface area (Å²) in [6, 6.07) is 28.1. The van der Waals surface area contributed by atoms with Crippen molar-refractivity contribution < 1.29 is 28.9 Å². The van der Waals surface area contributed by atoms with E-state index >= 15 is 0 Å². The Morgan fingerprint density at radius 3 is 2.31 bits per heavy atom. The van der Waals surface area contributed by atoms with E-state index in [-0.39, 0.29) is 16.5 Å². The van der Waals surface area contributed by atoms with E-state index in [1.54, 1.807) is 42.5 Å². The van der Waals surface area contributed by atoms with Crippen molar-refractivity contribution in [2.24, 2.45) is 0 Å². The topological polar surface area (TPSA) is 111 Å². The number of ether oxygens (including phenoxy) is 3. The molecule has 1 saturated heterocycles. The minimum atomic E-state index is -1.03. The number of anilines is 1. The molecular formula is C37H32ClN3O6S2. The van der Waals surface area contributed by atoms with Crippen molar-refractivity contribution in [2.75, 3.05) is 18.1 Å². The standard InChI is InChI=1S/C37H32ClN3O6S2/c1-3-45-28-17-12-25(13-18-28)33(42)31-32(26-14-19-29(30(20-26)46-4-2)47-21-23-8-6-5-7-9-23)41(35(44)34(31)43)36-39-40-37(49-36)48-22-24-10-15-27(38)16-11-24/h5-20,32,42H,3-4,21-22H2,1-2H3. The van der Waals surface area contributed by atoms with Crippen molar-refractivity contribution in [1.29, 1.82) is 0 Å². The number of thioether (sulfide) groups is 1. The molecule has 2 heterocycles. The first-order valence-electron chi connectivity index (χ1n) is 15.5. The van der Waals surface area contributed by atoms with Crippen molar-refractivity contribution >= 4 is 57.3 Å². The molecular weight excluding hydrogens is 682 g/mol. The van der Waals surface area contributed by atoms with Crippen molar-refractivity contribution in [1.82, 2.24) is 10.2 Å². The van der Waals surface area contributed by atoms with Gasteiger partial charge in [0, 0.05) is 16.3 Å². The Bertz CT molecular complexity index is 1970. The number of carbonyl (C=O) groups excluding carboxylic acids is 2. The van der Waals surface area contributed by atoms with Crippen LogP contribution in [-0.2, 0) is 21.9 Å². The van der Waals surface area contributed by atoms with E-state index in [0.29, 0.717) is 63.3 Å². The van der Waals surface area contributed by atoms with Crippen LogP contribution in [-0.4, -0.2) is 40.2 Å². The SMILES string of the molecule is CCOc1ccc(C(O)=C2C(=O)C(=O)N(c3nnc(SCc4ccc(Cl)cc4)s3)C2c2ccc(OCc3ccccc3)c(OCC)c2)cc1. The third kappa shape index (κ3) is 7.75. The number of amides is 1. The second-order valence-electron chi connectivity index (χ2n) is 10.8. The summed E-state index contributed by atoms with van der Waals surface area (Å²) in [4.78, 5) is 28.9. The summed E-state index contributed by atoms with van der Waals surface area (Å²) in [6.07, 6.45) is 0. The molecule has 6 rings (SSSR count). The van der Waals surface area contributed by atoms with Gasteiger partial charge in [0.05, 0.1) is 24.8 Å². The molecule has 0 bridgehead atoms. The molecule has 12 heteroatoms. The van der Waals surface area contributed by atoms with E-state index in [2.05, 4.69) is 10.2 Å². The van der Waals surface area contributed by atoms with Gasteiger partial charge in [0.15, 0.2) is 15.8 Å². The normalized spacial score (nSPS) is 15.4. The van der Waals surface area contributed by atoms with Gasteiger partial charge < -0.3 is 19.3 Å². The Labute approximate surface area is 297 Å². The molecule has 1 unspecified atom stereocenters. The van der Waals surface area contributed by atoms with E-state index in [0.717, 1.165) is 11.1 Å². The van der Waals surface area contributed by atoms with Gasteiger partial charge in [0.2, 0.25) is 5.13 Å². The Hall–Kier alpha value is -4.84. The summed E-state index contributed by atoms with van der Waals surface area (Å²) >= 11 is 8.67. The average Bonchev–Trinajstić information content (AvgIpc) is 3.69. The molecule has 9 nitrogen and oxygen atoms in total. The largest absolute Gasteiger partial charge is 0.507 e. The Kier molecular flexibility index (Phi) is 10.8. The molecule has 0 aliphatic carbocycles. The number of aromatic nitrogens is 2. The third-order valence-corrected chi connectivity index (χ3v) is 9.96. The Balaban J connectivity index is 1.39. The van der Waals surface area contributed by atoms with E-state index in [1.807, 2.05) is 68.4 Å². The fourth-order valence-corrected chi connectivity index (χ4v) is 7.23. The van der Waals surface area contributed by atoms with Crippen LogP contribution in [0.2, 0.25) is 5.02 Å². The number of hydrogen-bond acceptors (Lipinski definition) is 10. The van der Waals surface area contributed by atoms with Crippen LogP contribution >= 0.6 is 34.7 Å². The summed E-state index contributed by atoms with van der Waals surface area (Å²) in [6.45, 7) is 4.88. The number of hydrogen-bond donors (Lipinski definition) is 1. The molecule has 1 fully saturated rings. The number of aliphatic hydroxyl groups is 1. The number of nitrogens with zero attached hydrogens (tertiary/aromatic N) is 3. The zero-order chi connectivity index (χ0) is 34.3. The maximum Gasteiger partial charge on any atom is 0.301 e. The van der Waals surface area contributed by atoms with E-state index in [4.69, 9.17) is 25.8 Å². The van der Waals surface area contributed by atoms with Gasteiger partial charge in [0.25, 0.3) is 5.78 Å². The number of halogens is 1. The van der Waals surface area contributed by atoms with Gasteiger partial charge >= 0.3 is 5.91 Å². The second-order valence-corrected chi connectivity index (χ2v) is 13.4. The number of Topliss-reactive ketones (excluding diaryl/α,β-unsaturated/α-hetero) is 1. The molecule has 1 atom stereocenters. The lowest BCUT2D eigenvalue weighted by Gasteiger charge is -2.23. The van der Waals surface area contributed by atoms with Gasteiger partial charge in [-0.3, -0.25) is 14.5 Å². The molecule has 0 radical (unpaired) electrons. The van der Waals surface area contributed by atoms with E-state index in [1.165, 1.54) is 28.0 Å². The molecule has 0 saturated carbocycles. The Morgan fingerprint density at radius 2 is 1.59 bits per heavy atom. The van der Waals surface area contributed by atoms with Crippen molar-refractivity contribution in [3.63, 3.8) is 0 Å². The smallest absolute Gasteiger partial charge is 0.301 e. The molecule has 5 aromatic rings. The van der Waals surface area contributed by atoms with Crippen LogP contribution in [0, 0.1) is 0 Å². The maximum atomic E-state index is 13.8. The first-order chi connectivity index (χ1) is 23.9. The summed E-state index contributed by atoms with van der Waals surface area (Å²) < 4.78 is 18.3. The van der Waals surface area contributed by atoms with Gasteiger partial charge in [-0.1, -0.05) is 83.2 Å². The summed E-state index contributed by atoms with van der Waals surface area (Å²) in [7, 11) is 0. The molecule has 1 N–H and O–H groups in total. The number of benzene rings is 4. The Morgan fingerprint density at radius 1 is 0.857 bits per heavy atom. The molecule has 1 aliphatic heterocycles. The summed E-state index contributed by atoms with van der Waals surface area (Å²) in [5.74, 6) is 0.149. The second kappa shape index (κ2) is 15.6. The zero-order valence-corrected chi connectivity index (χ0v) is 29.1. The van der Waals surface area contributed by atoms with Gasteiger partial charge in [-0.15, -0.1) is 10.2 Å². The fraction of sp³-hybridized carbons (Fsp3) is 0.189. The number of rotatable bonds is 13. The average molecular weight is 714 g/mol. The van der Waals surface area contributed by atoms with Gasteiger partial charge in [-0.05, 0) is 79.1 Å². The minimum Gasteiger partial charge on any atom is -0.507 e. The van der Waals surface area contributed by atoms with Crippen LogP contribution in [0.4, 0.5) is 5.13 Å². The van der Waals surface area contributed by atoms with Crippen LogP contribution in [0.1, 0.15) is 42.1 Å². The maximum absolute atomic E-state index is 13.8. The van der Waals surface area contributed by atoms with Crippen LogP contribution in [0.15, 0.2) is 107 Å². The first kappa shape index (κ1) is 34.0. The first-order valence-corrected chi connectivity index (χ1v) is 17.7. The molecule has 1 aromatic heterocycles. The quantitative estimate of drug-likeness (QED) is 0.0422. The lowest BCUT2D eigenvalue weighted by Crippen LogP contribution is -2.29.